The predicted octanol–water partition coefficient (Wildman–Crippen LogP) is 0.395. The molecule has 0 aliphatic carbocycles. The van der Waals surface area contributed by atoms with E-state index >= 15 is 0 Å². The van der Waals surface area contributed by atoms with E-state index in [2.05, 4.69) is 10.6 Å². The maximum absolute atomic E-state index is 11.6. The van der Waals surface area contributed by atoms with E-state index in [0.717, 1.165) is 0 Å². The van der Waals surface area contributed by atoms with E-state index in [-0.39, 0.29) is 24.7 Å². The van der Waals surface area contributed by atoms with E-state index < -0.39 is 6.03 Å². The molecule has 0 radical (unpaired) electrons. The van der Waals surface area contributed by atoms with E-state index in [1.807, 2.05) is 22.6 Å². The molecule has 92 valence electrons. The molecule has 3 amide bonds. The highest BCUT2D eigenvalue weighted by Gasteiger charge is 2.07. The Hall–Kier alpha value is -1.51. The molecule has 6 nitrogen and oxygen atoms in total. The Morgan fingerprint density at radius 3 is 2.53 bits per heavy atom. The molecule has 7 heteroatoms. The van der Waals surface area contributed by atoms with Gasteiger partial charge in [0.05, 0.1) is 3.57 Å². The second-order valence-electron chi connectivity index (χ2n) is 3.21. The maximum Gasteiger partial charge on any atom is 0.312 e. The molecule has 5 N–H and O–H groups in total. The number of nitrogens with one attached hydrogen (secondary N) is 2. The van der Waals surface area contributed by atoms with Crippen LogP contribution in [0.1, 0.15) is 10.4 Å². The molecule has 0 heterocycles. The Kier molecular flexibility index (Phi) is 5.01. The van der Waals surface area contributed by atoms with Crippen LogP contribution in [-0.2, 0) is 0 Å². The summed E-state index contributed by atoms with van der Waals surface area (Å²) in [6, 6.07) is 4.01. The number of carbonyl (C=O) groups excluding carboxylic acids is 2. The third kappa shape index (κ3) is 4.47. The Morgan fingerprint density at radius 1 is 1.29 bits per heavy atom. The molecule has 1 rings (SSSR count). The maximum atomic E-state index is 11.6. The molecule has 0 aliphatic rings. The highest BCUT2D eigenvalue weighted by molar-refractivity contribution is 14.1. The zero-order valence-electron chi connectivity index (χ0n) is 8.87. The quantitative estimate of drug-likeness (QED) is 0.467. The number of phenols is 1. The van der Waals surface area contributed by atoms with Gasteiger partial charge in [0.15, 0.2) is 0 Å². The van der Waals surface area contributed by atoms with Crippen LogP contribution in [0.15, 0.2) is 18.2 Å². The van der Waals surface area contributed by atoms with Crippen LogP contribution in [0.2, 0.25) is 0 Å². The highest BCUT2D eigenvalue weighted by atomic mass is 127. The molecule has 0 atom stereocenters. The van der Waals surface area contributed by atoms with Gasteiger partial charge in [0.1, 0.15) is 5.75 Å². The molecule has 0 saturated heterocycles. The Balaban J connectivity index is 2.47. The monoisotopic (exact) mass is 349 g/mol. The van der Waals surface area contributed by atoms with Gasteiger partial charge in [-0.25, -0.2) is 4.79 Å². The summed E-state index contributed by atoms with van der Waals surface area (Å²) in [6.07, 6.45) is 0. The number of primary amides is 1. The molecule has 0 aliphatic heterocycles. The summed E-state index contributed by atoms with van der Waals surface area (Å²) in [6.45, 7) is 0.534. The van der Waals surface area contributed by atoms with Crippen LogP contribution in [0, 0.1) is 3.57 Å². The number of halogens is 1. The second-order valence-corrected chi connectivity index (χ2v) is 4.38. The number of amides is 3. The van der Waals surface area contributed by atoms with Crippen molar-refractivity contribution in [2.75, 3.05) is 13.1 Å². The van der Waals surface area contributed by atoms with Gasteiger partial charge in [-0.15, -0.1) is 0 Å². The van der Waals surface area contributed by atoms with Gasteiger partial charge in [0.25, 0.3) is 5.91 Å². The van der Waals surface area contributed by atoms with Gasteiger partial charge in [0, 0.05) is 18.7 Å². The van der Waals surface area contributed by atoms with Gasteiger partial charge < -0.3 is 21.5 Å². The minimum Gasteiger partial charge on any atom is -0.507 e. The van der Waals surface area contributed by atoms with Crippen LogP contribution in [0.3, 0.4) is 0 Å². The SMILES string of the molecule is NC(=O)NCCNC(=O)c1ccc(I)c(O)c1. The third-order valence-corrected chi connectivity index (χ3v) is 2.83. The van der Waals surface area contributed by atoms with Gasteiger partial charge in [-0.1, -0.05) is 0 Å². The fourth-order valence-electron chi connectivity index (χ4n) is 1.12. The van der Waals surface area contributed by atoms with Crippen molar-refractivity contribution in [2.45, 2.75) is 0 Å². The van der Waals surface area contributed by atoms with E-state index in [1.54, 1.807) is 12.1 Å². The topological polar surface area (TPSA) is 104 Å². The molecule has 0 fully saturated rings. The average Bonchev–Trinajstić information content (AvgIpc) is 2.27. The summed E-state index contributed by atoms with van der Waals surface area (Å²) < 4.78 is 0.676. The number of urea groups is 1. The van der Waals surface area contributed by atoms with Crippen LogP contribution in [0.5, 0.6) is 5.75 Å². The lowest BCUT2D eigenvalue weighted by Crippen LogP contribution is -2.37. The Labute approximate surface area is 112 Å². The second kappa shape index (κ2) is 6.28. The number of aromatic hydroxyl groups is 1. The standard InChI is InChI=1S/C10H12IN3O3/c11-7-2-1-6(5-8(7)15)9(16)13-3-4-14-10(12)17/h1-2,5,15H,3-4H2,(H,13,16)(H3,12,14,17). The first-order valence-electron chi connectivity index (χ1n) is 4.80. The van der Waals surface area contributed by atoms with Crippen molar-refractivity contribution in [1.29, 1.82) is 0 Å². The first-order chi connectivity index (χ1) is 8.00. The molecule has 0 unspecified atom stereocenters. The lowest BCUT2D eigenvalue weighted by atomic mass is 10.2. The summed E-state index contributed by atoms with van der Waals surface area (Å²) in [7, 11) is 0. The van der Waals surface area contributed by atoms with E-state index in [1.165, 1.54) is 6.07 Å². The summed E-state index contributed by atoms with van der Waals surface area (Å²) in [5.74, 6) is -0.253. The summed E-state index contributed by atoms with van der Waals surface area (Å²) >= 11 is 1.96. The van der Waals surface area contributed by atoms with Crippen LogP contribution >= 0.6 is 22.6 Å². The van der Waals surface area contributed by atoms with Crippen molar-refractivity contribution in [3.63, 3.8) is 0 Å². The Morgan fingerprint density at radius 2 is 1.94 bits per heavy atom. The molecule has 0 saturated carbocycles. The van der Waals surface area contributed by atoms with Crippen molar-refractivity contribution in [3.8, 4) is 5.75 Å². The number of benzene rings is 1. The summed E-state index contributed by atoms with van der Waals surface area (Å²) in [5.41, 5.74) is 5.22. The molecule has 0 spiro atoms. The zero-order chi connectivity index (χ0) is 12.8. The predicted molar refractivity (Wildman–Crippen MR) is 70.7 cm³/mol. The van der Waals surface area contributed by atoms with Gasteiger partial charge in [-0.2, -0.15) is 0 Å². The largest absolute Gasteiger partial charge is 0.507 e. The van der Waals surface area contributed by atoms with Gasteiger partial charge in [-0.3, -0.25) is 4.79 Å². The zero-order valence-corrected chi connectivity index (χ0v) is 11.0. The first-order valence-corrected chi connectivity index (χ1v) is 5.88. The smallest absolute Gasteiger partial charge is 0.312 e. The minimum atomic E-state index is -0.633. The number of phenolic OH excluding ortho intramolecular Hbond substituents is 1. The third-order valence-electron chi connectivity index (χ3n) is 1.92. The van der Waals surface area contributed by atoms with Gasteiger partial charge in [0.2, 0.25) is 0 Å². The fourth-order valence-corrected chi connectivity index (χ4v) is 1.45. The Bertz CT molecular complexity index is 437. The number of carbonyl (C=O) groups is 2. The van der Waals surface area contributed by atoms with E-state index in [9.17, 15) is 14.7 Å². The average molecular weight is 349 g/mol. The molecular weight excluding hydrogens is 337 g/mol. The van der Waals surface area contributed by atoms with Crippen LogP contribution in [-0.4, -0.2) is 30.1 Å². The molecular formula is C10H12IN3O3. The van der Waals surface area contributed by atoms with Gasteiger partial charge in [-0.05, 0) is 40.8 Å². The molecule has 17 heavy (non-hydrogen) atoms. The lowest BCUT2D eigenvalue weighted by molar-refractivity contribution is 0.0953. The number of nitrogens with two attached hydrogens (primary N) is 1. The molecule has 0 aromatic heterocycles. The lowest BCUT2D eigenvalue weighted by Gasteiger charge is -2.06. The van der Waals surface area contributed by atoms with E-state index in [4.69, 9.17) is 5.73 Å². The van der Waals surface area contributed by atoms with Crippen molar-refractivity contribution in [3.05, 3.63) is 27.3 Å². The normalized spacial score (nSPS) is 9.71. The number of hydrogen-bond donors (Lipinski definition) is 4. The summed E-state index contributed by atoms with van der Waals surface area (Å²) in [5, 5.41) is 14.4. The van der Waals surface area contributed by atoms with Crippen LogP contribution < -0.4 is 16.4 Å². The number of hydrogen-bond acceptors (Lipinski definition) is 3. The molecule has 0 bridgehead atoms. The summed E-state index contributed by atoms with van der Waals surface area (Å²) in [4.78, 5) is 21.9. The van der Waals surface area contributed by atoms with E-state index in [0.29, 0.717) is 9.13 Å². The van der Waals surface area contributed by atoms with Crippen LogP contribution in [0.4, 0.5) is 4.79 Å². The van der Waals surface area contributed by atoms with Crippen molar-refractivity contribution in [2.24, 2.45) is 5.73 Å². The first kappa shape index (κ1) is 13.6. The van der Waals surface area contributed by atoms with Crippen molar-refractivity contribution >= 4 is 34.5 Å². The fraction of sp³-hybridized carbons (Fsp3) is 0.200. The number of rotatable bonds is 4. The van der Waals surface area contributed by atoms with Crippen molar-refractivity contribution < 1.29 is 14.7 Å². The highest BCUT2D eigenvalue weighted by Crippen LogP contribution is 2.20. The minimum absolute atomic E-state index is 0.0634. The van der Waals surface area contributed by atoms with Gasteiger partial charge >= 0.3 is 6.03 Å². The molecule has 1 aromatic rings. The molecule has 1 aromatic carbocycles. The van der Waals surface area contributed by atoms with Crippen LogP contribution in [0.25, 0.3) is 0 Å². The van der Waals surface area contributed by atoms with Crippen molar-refractivity contribution in [1.82, 2.24) is 10.6 Å².